The molecule has 1 aliphatic carbocycles. The lowest BCUT2D eigenvalue weighted by Crippen LogP contribution is -2.35. The van der Waals surface area contributed by atoms with Crippen molar-refractivity contribution in [2.45, 2.75) is 31.7 Å². The lowest BCUT2D eigenvalue weighted by molar-refractivity contribution is -0.142. The van der Waals surface area contributed by atoms with Gasteiger partial charge in [0.15, 0.2) is 0 Å². The molecular formula is C8H15NO2. The van der Waals surface area contributed by atoms with Gasteiger partial charge in [-0.15, -0.1) is 0 Å². The number of carbonyl (C=O) groups is 1. The number of rotatable bonds is 3. The fourth-order valence-electron chi connectivity index (χ4n) is 1.34. The first-order chi connectivity index (χ1) is 5.24. The van der Waals surface area contributed by atoms with Gasteiger partial charge in [0, 0.05) is 0 Å². The maximum Gasteiger partial charge on any atom is 0.322 e. The number of esters is 1. The molecule has 0 heterocycles. The molecule has 1 aliphatic rings. The molecule has 1 fully saturated rings. The van der Waals surface area contributed by atoms with Crippen molar-refractivity contribution in [3.05, 3.63) is 0 Å². The Kier molecular flexibility index (Phi) is 2.88. The molecule has 1 rings (SSSR count). The van der Waals surface area contributed by atoms with Crippen LogP contribution in [0.25, 0.3) is 0 Å². The van der Waals surface area contributed by atoms with Crippen LogP contribution >= 0.6 is 0 Å². The van der Waals surface area contributed by atoms with Gasteiger partial charge in [-0.3, -0.25) is 4.79 Å². The molecule has 0 aromatic carbocycles. The molecule has 64 valence electrons. The Morgan fingerprint density at radius 2 is 2.36 bits per heavy atom. The van der Waals surface area contributed by atoms with Gasteiger partial charge in [0.1, 0.15) is 6.04 Å². The molecule has 0 aromatic heterocycles. The van der Waals surface area contributed by atoms with E-state index in [2.05, 4.69) is 4.74 Å². The first kappa shape index (κ1) is 8.53. The Labute approximate surface area is 66.9 Å². The maximum absolute atomic E-state index is 10.8. The summed E-state index contributed by atoms with van der Waals surface area (Å²) in [6.45, 7) is 0. The van der Waals surface area contributed by atoms with Crippen LogP contribution in [0.5, 0.6) is 0 Å². The quantitative estimate of drug-likeness (QED) is 0.613. The third kappa shape index (κ3) is 2.19. The van der Waals surface area contributed by atoms with E-state index >= 15 is 0 Å². The van der Waals surface area contributed by atoms with Crippen molar-refractivity contribution in [3.8, 4) is 0 Å². The van der Waals surface area contributed by atoms with Crippen LogP contribution in [0.3, 0.4) is 0 Å². The minimum absolute atomic E-state index is 0.281. The number of nitrogens with two attached hydrogens (primary N) is 1. The molecule has 1 atom stereocenters. The van der Waals surface area contributed by atoms with Crippen LogP contribution < -0.4 is 5.73 Å². The topological polar surface area (TPSA) is 52.3 Å². The van der Waals surface area contributed by atoms with E-state index in [9.17, 15) is 4.79 Å². The second kappa shape index (κ2) is 3.72. The van der Waals surface area contributed by atoms with Gasteiger partial charge in [-0.25, -0.2) is 0 Å². The molecule has 1 saturated carbocycles. The van der Waals surface area contributed by atoms with Gasteiger partial charge in [0.25, 0.3) is 0 Å². The molecule has 3 heteroatoms. The standard InChI is InChI=1S/C8H15NO2/c1-11-8(10)7(9)5-6-3-2-4-6/h6-7H,2-5,9H2,1H3. The molecule has 0 aromatic rings. The summed E-state index contributed by atoms with van der Waals surface area (Å²) in [5, 5.41) is 0. The smallest absolute Gasteiger partial charge is 0.322 e. The third-order valence-corrected chi connectivity index (χ3v) is 2.32. The Morgan fingerprint density at radius 1 is 1.73 bits per heavy atom. The van der Waals surface area contributed by atoms with Gasteiger partial charge >= 0.3 is 5.97 Å². The van der Waals surface area contributed by atoms with Crippen molar-refractivity contribution in [1.29, 1.82) is 0 Å². The lowest BCUT2D eigenvalue weighted by atomic mass is 9.81. The molecule has 0 bridgehead atoms. The summed E-state index contributed by atoms with van der Waals surface area (Å²) in [5.41, 5.74) is 5.56. The summed E-state index contributed by atoms with van der Waals surface area (Å²) in [4.78, 5) is 10.8. The average molecular weight is 157 g/mol. The summed E-state index contributed by atoms with van der Waals surface area (Å²) in [7, 11) is 1.38. The number of methoxy groups -OCH3 is 1. The molecule has 2 N–H and O–H groups in total. The third-order valence-electron chi connectivity index (χ3n) is 2.32. The van der Waals surface area contributed by atoms with Gasteiger partial charge in [-0.2, -0.15) is 0 Å². The highest BCUT2D eigenvalue weighted by Gasteiger charge is 2.23. The predicted molar refractivity (Wildman–Crippen MR) is 41.9 cm³/mol. The van der Waals surface area contributed by atoms with E-state index in [4.69, 9.17) is 5.73 Å². The second-order valence-electron chi connectivity index (χ2n) is 3.16. The Bertz CT molecular complexity index is 143. The van der Waals surface area contributed by atoms with Crippen LogP contribution in [0.15, 0.2) is 0 Å². The summed E-state index contributed by atoms with van der Waals surface area (Å²) in [6, 6.07) is -0.398. The molecule has 3 nitrogen and oxygen atoms in total. The fraction of sp³-hybridized carbons (Fsp3) is 0.875. The van der Waals surface area contributed by atoms with Crippen molar-refractivity contribution in [2.24, 2.45) is 11.7 Å². The molecule has 0 aliphatic heterocycles. The summed E-state index contributed by atoms with van der Waals surface area (Å²) < 4.78 is 4.52. The van der Waals surface area contributed by atoms with Gasteiger partial charge in [0.2, 0.25) is 0 Å². The molecular weight excluding hydrogens is 142 g/mol. The van der Waals surface area contributed by atoms with E-state index in [1.807, 2.05) is 0 Å². The zero-order chi connectivity index (χ0) is 8.27. The molecule has 0 amide bonds. The molecule has 11 heavy (non-hydrogen) atoms. The number of hydrogen-bond donors (Lipinski definition) is 1. The van der Waals surface area contributed by atoms with Crippen LogP contribution in [0, 0.1) is 5.92 Å². The SMILES string of the molecule is COC(=O)C(N)CC1CCC1. The first-order valence-electron chi connectivity index (χ1n) is 4.07. The van der Waals surface area contributed by atoms with Crippen molar-refractivity contribution in [2.75, 3.05) is 7.11 Å². The highest BCUT2D eigenvalue weighted by molar-refractivity contribution is 5.75. The Morgan fingerprint density at radius 3 is 2.73 bits per heavy atom. The highest BCUT2D eigenvalue weighted by atomic mass is 16.5. The lowest BCUT2D eigenvalue weighted by Gasteiger charge is -2.26. The summed E-state index contributed by atoms with van der Waals surface area (Å²) >= 11 is 0. The van der Waals surface area contributed by atoms with Gasteiger partial charge in [0.05, 0.1) is 7.11 Å². The van der Waals surface area contributed by atoms with Gasteiger partial charge < -0.3 is 10.5 Å². The number of hydrogen-bond acceptors (Lipinski definition) is 3. The van der Waals surface area contributed by atoms with Crippen molar-refractivity contribution >= 4 is 5.97 Å². The van der Waals surface area contributed by atoms with Crippen LogP contribution in [-0.2, 0) is 9.53 Å². The van der Waals surface area contributed by atoms with Crippen molar-refractivity contribution in [1.82, 2.24) is 0 Å². The van der Waals surface area contributed by atoms with Crippen LogP contribution in [0.2, 0.25) is 0 Å². The van der Waals surface area contributed by atoms with E-state index in [0.29, 0.717) is 5.92 Å². The van der Waals surface area contributed by atoms with Crippen LogP contribution in [-0.4, -0.2) is 19.1 Å². The highest BCUT2D eigenvalue weighted by Crippen LogP contribution is 2.30. The molecule has 0 spiro atoms. The maximum atomic E-state index is 10.8. The number of ether oxygens (including phenoxy) is 1. The van der Waals surface area contributed by atoms with E-state index in [0.717, 1.165) is 6.42 Å². The van der Waals surface area contributed by atoms with Gasteiger partial charge in [-0.1, -0.05) is 19.3 Å². The summed E-state index contributed by atoms with van der Waals surface area (Å²) in [5.74, 6) is 0.390. The van der Waals surface area contributed by atoms with E-state index in [-0.39, 0.29) is 5.97 Å². The molecule has 0 radical (unpaired) electrons. The first-order valence-corrected chi connectivity index (χ1v) is 4.07. The van der Waals surface area contributed by atoms with Crippen LogP contribution in [0.4, 0.5) is 0 Å². The minimum Gasteiger partial charge on any atom is -0.468 e. The van der Waals surface area contributed by atoms with Crippen molar-refractivity contribution < 1.29 is 9.53 Å². The van der Waals surface area contributed by atoms with E-state index in [1.165, 1.54) is 26.4 Å². The largest absolute Gasteiger partial charge is 0.468 e. The monoisotopic (exact) mass is 157 g/mol. The molecule has 0 saturated heterocycles. The van der Waals surface area contributed by atoms with E-state index in [1.54, 1.807) is 0 Å². The zero-order valence-corrected chi connectivity index (χ0v) is 6.88. The van der Waals surface area contributed by atoms with Gasteiger partial charge in [-0.05, 0) is 12.3 Å². The van der Waals surface area contributed by atoms with Crippen LogP contribution in [0.1, 0.15) is 25.7 Å². The fourth-order valence-corrected chi connectivity index (χ4v) is 1.34. The van der Waals surface area contributed by atoms with Crippen molar-refractivity contribution in [3.63, 3.8) is 0 Å². The summed E-state index contributed by atoms with van der Waals surface area (Å²) in [6.07, 6.45) is 4.54. The average Bonchev–Trinajstić information content (AvgIpc) is 1.94. The zero-order valence-electron chi connectivity index (χ0n) is 6.88. The minimum atomic E-state index is -0.398. The Balaban J connectivity index is 2.18. The predicted octanol–water partition coefficient (Wildman–Crippen LogP) is 0.677. The number of carbonyl (C=O) groups excluding carboxylic acids is 1. The molecule has 1 unspecified atom stereocenters. The second-order valence-corrected chi connectivity index (χ2v) is 3.16. The normalized spacial score (nSPS) is 20.5. The van der Waals surface area contributed by atoms with E-state index < -0.39 is 6.04 Å². The Hall–Kier alpha value is -0.570.